The molecule has 0 aliphatic heterocycles. The van der Waals surface area contributed by atoms with Gasteiger partial charge in [0, 0.05) is 11.6 Å². The van der Waals surface area contributed by atoms with Crippen LogP contribution in [0.1, 0.15) is 24.8 Å². The van der Waals surface area contributed by atoms with Gasteiger partial charge >= 0.3 is 0 Å². The first-order valence-electron chi connectivity index (χ1n) is 5.35. The highest BCUT2D eigenvalue weighted by molar-refractivity contribution is 6.30. The first-order chi connectivity index (χ1) is 7.33. The van der Waals surface area contributed by atoms with Crippen LogP contribution in [0.3, 0.4) is 0 Å². The third-order valence-corrected chi connectivity index (χ3v) is 2.39. The molecule has 0 amide bonds. The largest absolute Gasteiger partial charge is 0.377 e. The quantitative estimate of drug-likeness (QED) is 0.727. The van der Waals surface area contributed by atoms with Crippen molar-refractivity contribution in [2.75, 3.05) is 13.2 Å². The van der Waals surface area contributed by atoms with Crippen molar-refractivity contribution in [1.82, 2.24) is 0 Å². The van der Waals surface area contributed by atoms with E-state index in [4.69, 9.17) is 22.1 Å². The van der Waals surface area contributed by atoms with E-state index in [1.807, 2.05) is 24.3 Å². The lowest BCUT2D eigenvalue weighted by Gasteiger charge is -2.04. The number of rotatable bonds is 7. The minimum atomic E-state index is 0.642. The van der Waals surface area contributed by atoms with E-state index in [1.165, 1.54) is 0 Å². The van der Waals surface area contributed by atoms with Crippen LogP contribution in [0.4, 0.5) is 0 Å². The summed E-state index contributed by atoms with van der Waals surface area (Å²) in [6.45, 7) is 2.21. The normalized spacial score (nSPS) is 10.5. The summed E-state index contributed by atoms with van der Waals surface area (Å²) in [6, 6.07) is 7.76. The van der Waals surface area contributed by atoms with Crippen LogP contribution in [0.2, 0.25) is 5.02 Å². The number of benzene rings is 1. The lowest BCUT2D eigenvalue weighted by molar-refractivity contribution is 0.117. The fraction of sp³-hybridized carbons (Fsp3) is 0.500. The van der Waals surface area contributed by atoms with Crippen molar-refractivity contribution in [2.24, 2.45) is 5.73 Å². The van der Waals surface area contributed by atoms with Crippen LogP contribution in [0.25, 0.3) is 0 Å². The van der Waals surface area contributed by atoms with Crippen LogP contribution in [-0.4, -0.2) is 13.2 Å². The second kappa shape index (κ2) is 7.69. The molecule has 0 bridgehead atoms. The zero-order chi connectivity index (χ0) is 10.9. The van der Waals surface area contributed by atoms with Gasteiger partial charge in [0.1, 0.15) is 0 Å². The summed E-state index contributed by atoms with van der Waals surface area (Å²) in [7, 11) is 0. The maximum absolute atomic E-state index is 5.86. The van der Waals surface area contributed by atoms with Crippen molar-refractivity contribution in [2.45, 2.75) is 25.9 Å². The van der Waals surface area contributed by atoms with Gasteiger partial charge < -0.3 is 10.5 Å². The lowest BCUT2D eigenvalue weighted by Crippen LogP contribution is -2.00. The van der Waals surface area contributed by atoms with Crippen molar-refractivity contribution < 1.29 is 4.74 Å². The number of halogens is 1. The van der Waals surface area contributed by atoms with Crippen molar-refractivity contribution in [3.05, 3.63) is 34.9 Å². The van der Waals surface area contributed by atoms with E-state index in [-0.39, 0.29) is 0 Å². The van der Waals surface area contributed by atoms with E-state index in [0.717, 1.165) is 43.0 Å². The molecule has 0 aliphatic rings. The van der Waals surface area contributed by atoms with Crippen molar-refractivity contribution >= 4 is 11.6 Å². The molecule has 0 aliphatic carbocycles. The van der Waals surface area contributed by atoms with Crippen LogP contribution in [0.5, 0.6) is 0 Å². The summed E-state index contributed by atoms with van der Waals surface area (Å²) in [6.07, 6.45) is 3.31. The fourth-order valence-electron chi connectivity index (χ4n) is 1.34. The molecule has 0 saturated carbocycles. The molecule has 0 aromatic heterocycles. The van der Waals surface area contributed by atoms with Gasteiger partial charge in [0.2, 0.25) is 0 Å². The van der Waals surface area contributed by atoms with Gasteiger partial charge in [-0.05, 0) is 43.5 Å². The Morgan fingerprint density at radius 3 is 2.80 bits per heavy atom. The maximum atomic E-state index is 5.86. The molecule has 84 valence electrons. The summed E-state index contributed by atoms with van der Waals surface area (Å²) in [5, 5.41) is 0.763. The SMILES string of the molecule is NCCCCCOCc1cccc(Cl)c1. The molecule has 0 radical (unpaired) electrons. The Hall–Kier alpha value is -0.570. The second-order valence-electron chi connectivity index (χ2n) is 3.53. The van der Waals surface area contributed by atoms with E-state index >= 15 is 0 Å². The van der Waals surface area contributed by atoms with Crippen LogP contribution < -0.4 is 5.73 Å². The van der Waals surface area contributed by atoms with Crippen molar-refractivity contribution in [3.8, 4) is 0 Å². The highest BCUT2D eigenvalue weighted by atomic mass is 35.5. The highest BCUT2D eigenvalue weighted by Crippen LogP contribution is 2.11. The van der Waals surface area contributed by atoms with Crippen molar-refractivity contribution in [1.29, 1.82) is 0 Å². The molecule has 0 fully saturated rings. The maximum Gasteiger partial charge on any atom is 0.0717 e. The number of ether oxygens (including phenoxy) is 1. The van der Waals surface area contributed by atoms with E-state index in [9.17, 15) is 0 Å². The minimum absolute atomic E-state index is 0.642. The average Bonchev–Trinajstić information content (AvgIpc) is 2.23. The first-order valence-corrected chi connectivity index (χ1v) is 5.73. The molecule has 2 nitrogen and oxygen atoms in total. The predicted octanol–water partition coefficient (Wildman–Crippen LogP) is 2.99. The third-order valence-electron chi connectivity index (χ3n) is 2.15. The van der Waals surface area contributed by atoms with Gasteiger partial charge in [-0.2, -0.15) is 0 Å². The molecule has 0 unspecified atom stereocenters. The van der Waals surface area contributed by atoms with E-state index in [1.54, 1.807) is 0 Å². The smallest absolute Gasteiger partial charge is 0.0717 e. The summed E-state index contributed by atoms with van der Waals surface area (Å²) < 4.78 is 5.52. The zero-order valence-electron chi connectivity index (χ0n) is 8.92. The molecule has 1 aromatic rings. The standard InChI is InChI=1S/C12H18ClNO/c13-12-6-4-5-11(9-12)10-15-8-3-1-2-7-14/h4-6,9H,1-3,7-8,10,14H2. The summed E-state index contributed by atoms with van der Waals surface area (Å²) in [5.41, 5.74) is 6.52. The van der Waals surface area contributed by atoms with Crippen LogP contribution in [0.15, 0.2) is 24.3 Å². The zero-order valence-corrected chi connectivity index (χ0v) is 9.67. The van der Waals surface area contributed by atoms with Crippen LogP contribution in [0, 0.1) is 0 Å². The van der Waals surface area contributed by atoms with Gasteiger partial charge in [0.25, 0.3) is 0 Å². The fourth-order valence-corrected chi connectivity index (χ4v) is 1.55. The minimum Gasteiger partial charge on any atom is -0.377 e. The molecule has 1 rings (SSSR count). The lowest BCUT2D eigenvalue weighted by atomic mass is 10.2. The van der Waals surface area contributed by atoms with Gasteiger partial charge in [0.05, 0.1) is 6.61 Å². The molecule has 0 saturated heterocycles. The number of hydrogen-bond acceptors (Lipinski definition) is 2. The molecule has 2 N–H and O–H groups in total. The summed E-state index contributed by atoms with van der Waals surface area (Å²) >= 11 is 5.86. The second-order valence-corrected chi connectivity index (χ2v) is 3.97. The predicted molar refractivity (Wildman–Crippen MR) is 64.0 cm³/mol. The molecule has 15 heavy (non-hydrogen) atoms. The Labute approximate surface area is 96.4 Å². The highest BCUT2D eigenvalue weighted by Gasteiger charge is 1.94. The van der Waals surface area contributed by atoms with Gasteiger partial charge in [-0.25, -0.2) is 0 Å². The summed E-state index contributed by atoms with van der Waals surface area (Å²) in [5.74, 6) is 0. The monoisotopic (exact) mass is 227 g/mol. The van der Waals surface area contributed by atoms with Gasteiger partial charge in [-0.15, -0.1) is 0 Å². The molecule has 0 heterocycles. The number of nitrogens with two attached hydrogens (primary N) is 1. The van der Waals surface area contributed by atoms with Gasteiger partial charge in [-0.1, -0.05) is 23.7 Å². The molecule has 0 spiro atoms. The van der Waals surface area contributed by atoms with E-state index in [0.29, 0.717) is 6.61 Å². The van der Waals surface area contributed by atoms with Crippen LogP contribution >= 0.6 is 11.6 Å². The van der Waals surface area contributed by atoms with E-state index < -0.39 is 0 Å². The molecule has 0 atom stereocenters. The van der Waals surface area contributed by atoms with E-state index in [2.05, 4.69) is 0 Å². The number of hydrogen-bond donors (Lipinski definition) is 1. The first kappa shape index (κ1) is 12.5. The third kappa shape index (κ3) is 5.78. The summed E-state index contributed by atoms with van der Waals surface area (Å²) in [4.78, 5) is 0. The van der Waals surface area contributed by atoms with Gasteiger partial charge in [0.15, 0.2) is 0 Å². The Morgan fingerprint density at radius 1 is 1.20 bits per heavy atom. The van der Waals surface area contributed by atoms with Crippen molar-refractivity contribution in [3.63, 3.8) is 0 Å². The Balaban J connectivity index is 2.10. The molecule has 1 aromatic carbocycles. The molecule has 3 heteroatoms. The van der Waals surface area contributed by atoms with Gasteiger partial charge in [-0.3, -0.25) is 0 Å². The Bertz CT molecular complexity index is 278. The average molecular weight is 228 g/mol. The topological polar surface area (TPSA) is 35.2 Å². The van der Waals surface area contributed by atoms with Crippen LogP contribution in [-0.2, 0) is 11.3 Å². The molecular weight excluding hydrogens is 210 g/mol. The Morgan fingerprint density at radius 2 is 2.07 bits per heavy atom. The number of unbranched alkanes of at least 4 members (excludes halogenated alkanes) is 2. The molecular formula is C12H18ClNO. The Kier molecular flexibility index (Phi) is 6.41.